The van der Waals surface area contributed by atoms with Crippen molar-refractivity contribution in [3.8, 4) is 5.75 Å². The van der Waals surface area contributed by atoms with Gasteiger partial charge in [-0.05, 0) is 12.1 Å². The largest absolute Gasteiger partial charge is 0.490 e. The van der Waals surface area contributed by atoms with Gasteiger partial charge in [0.2, 0.25) is 0 Å². The van der Waals surface area contributed by atoms with E-state index in [1.165, 1.54) is 31.4 Å². The van der Waals surface area contributed by atoms with Crippen molar-refractivity contribution < 1.29 is 24.5 Å². The smallest absolute Gasteiger partial charge is 0.342 e. The molecule has 0 fully saturated rings. The molecule has 0 spiro atoms. The molecule has 10 heteroatoms. The summed E-state index contributed by atoms with van der Waals surface area (Å²) in [7, 11) is 1.17. The highest BCUT2D eigenvalue weighted by atomic mass is 32.2. The highest BCUT2D eigenvalue weighted by Crippen LogP contribution is 2.40. The number of hydrogen-bond donors (Lipinski definition) is 1. The second-order valence-electron chi connectivity index (χ2n) is 4.41. The van der Waals surface area contributed by atoms with Crippen LogP contribution in [0.15, 0.2) is 46.2 Å². The number of aromatic carboxylic acids is 1. The number of nitro groups is 2. The molecule has 0 aliphatic carbocycles. The van der Waals surface area contributed by atoms with Gasteiger partial charge in [0.25, 0.3) is 5.69 Å². The Kier molecular flexibility index (Phi) is 4.99. The lowest BCUT2D eigenvalue weighted by Crippen LogP contribution is -2.05. The van der Waals surface area contributed by atoms with Crippen molar-refractivity contribution in [2.75, 3.05) is 7.11 Å². The number of carboxylic acid groups (broad SMARTS) is 1. The molecule has 0 unspecified atom stereocenters. The summed E-state index contributed by atoms with van der Waals surface area (Å²) in [6, 6.07) is 8.26. The van der Waals surface area contributed by atoms with E-state index in [0.29, 0.717) is 0 Å². The monoisotopic (exact) mass is 350 g/mol. The van der Waals surface area contributed by atoms with E-state index in [9.17, 15) is 30.1 Å². The Morgan fingerprint density at radius 2 is 1.83 bits per heavy atom. The number of ether oxygens (including phenoxy) is 1. The Balaban J connectivity index is 2.57. The highest BCUT2D eigenvalue weighted by Gasteiger charge is 2.27. The molecule has 0 saturated carbocycles. The van der Waals surface area contributed by atoms with Crippen LogP contribution in [0.2, 0.25) is 0 Å². The van der Waals surface area contributed by atoms with E-state index in [1.54, 1.807) is 6.07 Å². The lowest BCUT2D eigenvalue weighted by atomic mass is 10.1. The fraction of sp³-hybridized carbons (Fsp3) is 0.0714. The van der Waals surface area contributed by atoms with Crippen LogP contribution in [0, 0.1) is 20.2 Å². The van der Waals surface area contributed by atoms with Crippen LogP contribution in [-0.2, 0) is 0 Å². The molecular formula is C14H10N2O7S. The molecule has 9 nitrogen and oxygen atoms in total. The summed E-state index contributed by atoms with van der Waals surface area (Å²) >= 11 is 0.916. The van der Waals surface area contributed by atoms with E-state index in [2.05, 4.69) is 0 Å². The molecule has 0 radical (unpaired) electrons. The topological polar surface area (TPSA) is 133 Å². The molecule has 2 rings (SSSR count). The number of hydrogen-bond acceptors (Lipinski definition) is 7. The molecule has 124 valence electrons. The van der Waals surface area contributed by atoms with Crippen molar-refractivity contribution in [3.05, 3.63) is 62.2 Å². The van der Waals surface area contributed by atoms with Gasteiger partial charge in [0.15, 0.2) is 5.75 Å². The molecule has 2 aromatic carbocycles. The zero-order valence-corrected chi connectivity index (χ0v) is 13.0. The van der Waals surface area contributed by atoms with E-state index in [1.807, 2.05) is 0 Å². The van der Waals surface area contributed by atoms with Gasteiger partial charge in [-0.1, -0.05) is 23.9 Å². The van der Waals surface area contributed by atoms with Gasteiger partial charge in [-0.3, -0.25) is 20.2 Å². The first-order valence-electron chi connectivity index (χ1n) is 6.36. The third-order valence-corrected chi connectivity index (χ3v) is 4.01. The molecular weight excluding hydrogens is 340 g/mol. The van der Waals surface area contributed by atoms with Crippen molar-refractivity contribution in [3.63, 3.8) is 0 Å². The van der Waals surface area contributed by atoms with E-state index in [-0.39, 0.29) is 21.2 Å². The Bertz CT molecular complexity index is 838. The second-order valence-corrected chi connectivity index (χ2v) is 5.53. The van der Waals surface area contributed by atoms with Crippen LogP contribution in [0.4, 0.5) is 11.4 Å². The summed E-state index contributed by atoms with van der Waals surface area (Å²) < 4.78 is 4.90. The summed E-state index contributed by atoms with van der Waals surface area (Å²) in [5.74, 6) is -1.73. The van der Waals surface area contributed by atoms with E-state index in [4.69, 9.17) is 4.74 Å². The maximum atomic E-state index is 11.3. The first-order valence-corrected chi connectivity index (χ1v) is 7.17. The first-order chi connectivity index (χ1) is 11.3. The Morgan fingerprint density at radius 3 is 2.38 bits per heavy atom. The first kappa shape index (κ1) is 17.2. The predicted octanol–water partition coefficient (Wildman–Crippen LogP) is 3.36. The van der Waals surface area contributed by atoms with Crippen LogP contribution in [0.1, 0.15) is 10.4 Å². The van der Waals surface area contributed by atoms with Crippen molar-refractivity contribution in [1.82, 2.24) is 0 Å². The minimum absolute atomic E-state index is 0.156. The summed E-state index contributed by atoms with van der Waals surface area (Å²) in [4.78, 5) is 32.5. The standard InChI is InChI=1S/C14H10N2O7S/c1-23-11-7-8(6-9(14(17)18)13(11)16(21)22)24-12-5-3-2-4-10(12)15(19)20/h2-7H,1H3,(H,17,18). The lowest BCUT2D eigenvalue weighted by molar-refractivity contribution is -0.387. The van der Waals surface area contributed by atoms with E-state index < -0.39 is 27.1 Å². The molecule has 0 aliphatic rings. The van der Waals surface area contributed by atoms with Gasteiger partial charge in [0.1, 0.15) is 5.56 Å². The van der Waals surface area contributed by atoms with Gasteiger partial charge in [0.05, 0.1) is 21.9 Å². The minimum atomic E-state index is -1.50. The molecule has 0 saturated heterocycles. The fourth-order valence-corrected chi connectivity index (χ4v) is 2.96. The van der Waals surface area contributed by atoms with Crippen LogP contribution in [0.5, 0.6) is 5.75 Å². The molecule has 0 aliphatic heterocycles. The normalized spacial score (nSPS) is 10.2. The average Bonchev–Trinajstić information content (AvgIpc) is 2.53. The van der Waals surface area contributed by atoms with Gasteiger partial charge in [-0.2, -0.15) is 0 Å². The van der Waals surface area contributed by atoms with Gasteiger partial charge < -0.3 is 9.84 Å². The Hall–Kier alpha value is -3.14. The summed E-state index contributed by atoms with van der Waals surface area (Å²) in [6.07, 6.45) is 0. The van der Waals surface area contributed by atoms with Gasteiger partial charge >= 0.3 is 11.7 Å². The number of nitro benzene ring substituents is 2. The number of rotatable bonds is 6. The molecule has 24 heavy (non-hydrogen) atoms. The second kappa shape index (κ2) is 6.96. The average molecular weight is 350 g/mol. The van der Waals surface area contributed by atoms with Crippen LogP contribution in [0.3, 0.4) is 0 Å². The van der Waals surface area contributed by atoms with E-state index in [0.717, 1.165) is 17.8 Å². The lowest BCUT2D eigenvalue weighted by Gasteiger charge is -2.08. The molecule has 0 heterocycles. The predicted molar refractivity (Wildman–Crippen MR) is 83.8 cm³/mol. The van der Waals surface area contributed by atoms with Gasteiger partial charge in [-0.15, -0.1) is 0 Å². The molecule has 2 aromatic rings. The molecule has 0 amide bonds. The number of para-hydroxylation sites is 1. The maximum Gasteiger partial charge on any atom is 0.342 e. The minimum Gasteiger partial charge on any atom is -0.490 e. The summed E-state index contributed by atoms with van der Waals surface area (Å²) in [5.41, 5.74) is -1.38. The highest BCUT2D eigenvalue weighted by molar-refractivity contribution is 7.99. The van der Waals surface area contributed by atoms with Crippen LogP contribution >= 0.6 is 11.8 Å². The van der Waals surface area contributed by atoms with Crippen molar-refractivity contribution in [1.29, 1.82) is 0 Å². The van der Waals surface area contributed by atoms with Crippen LogP contribution < -0.4 is 4.74 Å². The number of benzene rings is 2. The van der Waals surface area contributed by atoms with Gasteiger partial charge in [0, 0.05) is 17.0 Å². The Labute approximate surface area is 139 Å². The molecule has 0 aromatic heterocycles. The quantitative estimate of drug-likeness (QED) is 0.619. The summed E-state index contributed by atoms with van der Waals surface area (Å²) in [5, 5.41) is 31.3. The van der Waals surface area contributed by atoms with Crippen molar-refractivity contribution in [2.45, 2.75) is 9.79 Å². The van der Waals surface area contributed by atoms with Crippen molar-refractivity contribution >= 4 is 29.1 Å². The molecule has 0 atom stereocenters. The van der Waals surface area contributed by atoms with Crippen LogP contribution in [-0.4, -0.2) is 28.0 Å². The number of nitrogens with zero attached hydrogens (tertiary/aromatic N) is 2. The summed E-state index contributed by atoms with van der Waals surface area (Å²) in [6.45, 7) is 0. The Morgan fingerprint density at radius 1 is 1.17 bits per heavy atom. The number of methoxy groups -OCH3 is 1. The fourth-order valence-electron chi connectivity index (χ4n) is 1.97. The van der Waals surface area contributed by atoms with Crippen molar-refractivity contribution in [2.24, 2.45) is 0 Å². The molecule has 1 N–H and O–H groups in total. The number of carbonyl (C=O) groups is 1. The zero-order chi connectivity index (χ0) is 17.9. The van der Waals surface area contributed by atoms with Gasteiger partial charge in [-0.25, -0.2) is 4.79 Å². The SMILES string of the molecule is COc1cc(Sc2ccccc2[N+](=O)[O-])cc(C(=O)O)c1[N+](=O)[O-]. The van der Waals surface area contributed by atoms with E-state index >= 15 is 0 Å². The third-order valence-electron chi connectivity index (χ3n) is 2.97. The third kappa shape index (κ3) is 3.43. The number of carboxylic acids is 1. The van der Waals surface area contributed by atoms with Crippen LogP contribution in [0.25, 0.3) is 0 Å². The maximum absolute atomic E-state index is 11.3. The zero-order valence-electron chi connectivity index (χ0n) is 12.2. The molecule has 0 bridgehead atoms.